The zero-order chi connectivity index (χ0) is 14.0. The van der Waals surface area contributed by atoms with Gasteiger partial charge in [-0.15, -0.1) is 11.3 Å². The van der Waals surface area contributed by atoms with Crippen LogP contribution in [0.5, 0.6) is 5.88 Å². The molecular weight excluding hydrogens is 310 g/mol. The van der Waals surface area contributed by atoms with Crippen LogP contribution in [-0.4, -0.2) is 20.9 Å². The van der Waals surface area contributed by atoms with E-state index in [1.807, 2.05) is 0 Å². The molecule has 2 aromatic rings. The summed E-state index contributed by atoms with van der Waals surface area (Å²) >= 11 is 11.8. The van der Waals surface area contributed by atoms with E-state index in [0.717, 1.165) is 16.0 Å². The van der Waals surface area contributed by atoms with Crippen molar-refractivity contribution in [2.45, 2.75) is 0 Å². The predicted octanol–water partition coefficient (Wildman–Crippen LogP) is 3.43. The second kappa shape index (κ2) is 5.47. The van der Waals surface area contributed by atoms with Crippen molar-refractivity contribution in [3.8, 4) is 5.88 Å². The van der Waals surface area contributed by atoms with Crippen molar-refractivity contribution >= 4 is 47.1 Å². The largest absolute Gasteiger partial charge is 0.493 e. The molecule has 9 heteroatoms. The van der Waals surface area contributed by atoms with Gasteiger partial charge >= 0.3 is 0 Å². The van der Waals surface area contributed by atoms with Gasteiger partial charge in [-0.05, 0) is 18.3 Å². The summed E-state index contributed by atoms with van der Waals surface area (Å²) in [5.74, 6) is -0.0882. The molecule has 0 atom stereocenters. The highest BCUT2D eigenvalue weighted by molar-refractivity contribution is 7.73. The van der Waals surface area contributed by atoms with E-state index < -0.39 is 4.92 Å². The first kappa shape index (κ1) is 13.7. The molecule has 2 rings (SSSR count). The molecule has 6 nitrogen and oxygen atoms in total. The molecular formula is C10H6ClN3O3S2. The lowest BCUT2D eigenvalue weighted by Gasteiger charge is -1.98. The summed E-state index contributed by atoms with van der Waals surface area (Å²) in [5, 5.41) is 25.6. The lowest BCUT2D eigenvalue weighted by atomic mass is 10.2. The Labute approximate surface area is 121 Å². The third kappa shape index (κ3) is 2.98. The number of nitro groups is 1. The van der Waals surface area contributed by atoms with Crippen LogP contribution >= 0.6 is 35.2 Å². The number of thiazole rings is 1. The summed E-state index contributed by atoms with van der Waals surface area (Å²) in [6, 6.07) is 4.28. The average Bonchev–Trinajstić information content (AvgIpc) is 2.68. The van der Waals surface area contributed by atoms with E-state index in [2.05, 4.69) is 5.10 Å². The summed E-state index contributed by atoms with van der Waals surface area (Å²) < 4.78 is 1.53. The first-order valence-corrected chi connectivity index (χ1v) is 6.53. The highest BCUT2D eigenvalue weighted by Gasteiger charge is 2.11. The number of halogens is 1. The standard InChI is InChI=1S/C10H6ClN3O3S2/c11-7-2-1-6(3-8(7)14(16)17)4-12-13-9(15)5-19-10(13)18/h1-5,15H. The summed E-state index contributed by atoms with van der Waals surface area (Å²) in [4.78, 5) is 10.2. The Morgan fingerprint density at radius 3 is 2.89 bits per heavy atom. The summed E-state index contributed by atoms with van der Waals surface area (Å²) in [7, 11) is 0. The maximum Gasteiger partial charge on any atom is 0.288 e. The number of hydrogen-bond donors (Lipinski definition) is 1. The third-order valence-electron chi connectivity index (χ3n) is 2.14. The minimum Gasteiger partial charge on any atom is -0.493 e. The molecule has 0 bridgehead atoms. The van der Waals surface area contributed by atoms with Crippen LogP contribution < -0.4 is 0 Å². The van der Waals surface area contributed by atoms with Gasteiger partial charge in [0.1, 0.15) is 5.02 Å². The summed E-state index contributed by atoms with van der Waals surface area (Å²) in [6.45, 7) is 0. The van der Waals surface area contributed by atoms with E-state index in [-0.39, 0.29) is 16.6 Å². The fourth-order valence-corrected chi connectivity index (χ4v) is 2.30. The van der Waals surface area contributed by atoms with Gasteiger partial charge in [0.05, 0.1) is 16.5 Å². The fraction of sp³-hybridized carbons (Fsp3) is 0. The topological polar surface area (TPSA) is 80.7 Å². The van der Waals surface area contributed by atoms with Crippen LogP contribution in [0.3, 0.4) is 0 Å². The molecule has 0 radical (unpaired) electrons. The summed E-state index contributed by atoms with van der Waals surface area (Å²) in [6.07, 6.45) is 1.35. The number of rotatable bonds is 3. The third-order valence-corrected chi connectivity index (χ3v) is 3.63. The van der Waals surface area contributed by atoms with Crippen LogP contribution in [0, 0.1) is 14.1 Å². The molecule has 1 aromatic heterocycles. The lowest BCUT2D eigenvalue weighted by Crippen LogP contribution is -1.93. The van der Waals surface area contributed by atoms with Gasteiger partial charge in [-0.25, -0.2) is 0 Å². The molecule has 98 valence electrons. The van der Waals surface area contributed by atoms with Gasteiger partial charge in [0.25, 0.3) is 5.69 Å². The Morgan fingerprint density at radius 1 is 1.58 bits per heavy atom. The Balaban J connectivity index is 2.37. The molecule has 0 amide bonds. The predicted molar refractivity (Wildman–Crippen MR) is 75.9 cm³/mol. The molecule has 0 saturated carbocycles. The van der Waals surface area contributed by atoms with Crippen molar-refractivity contribution in [2.75, 3.05) is 0 Å². The van der Waals surface area contributed by atoms with Crippen LogP contribution in [0.2, 0.25) is 5.02 Å². The van der Waals surface area contributed by atoms with Gasteiger partial charge in [0.15, 0.2) is 3.95 Å². The van der Waals surface area contributed by atoms with Gasteiger partial charge in [0, 0.05) is 11.6 Å². The van der Waals surface area contributed by atoms with Crippen LogP contribution in [0.25, 0.3) is 0 Å². The normalized spacial score (nSPS) is 11.0. The number of nitrogens with zero attached hydrogens (tertiary/aromatic N) is 3. The quantitative estimate of drug-likeness (QED) is 0.407. The molecule has 0 unspecified atom stereocenters. The molecule has 0 spiro atoms. The Kier molecular flexibility index (Phi) is 3.93. The molecule has 1 heterocycles. The minimum atomic E-state index is -0.576. The second-order valence-electron chi connectivity index (χ2n) is 3.38. The average molecular weight is 316 g/mol. The van der Waals surface area contributed by atoms with Crippen molar-refractivity contribution in [1.29, 1.82) is 0 Å². The van der Waals surface area contributed by atoms with E-state index in [1.54, 1.807) is 6.07 Å². The van der Waals surface area contributed by atoms with E-state index in [1.165, 1.54) is 23.7 Å². The van der Waals surface area contributed by atoms with Gasteiger partial charge < -0.3 is 5.11 Å². The van der Waals surface area contributed by atoms with Crippen LogP contribution in [0.1, 0.15) is 5.56 Å². The zero-order valence-electron chi connectivity index (χ0n) is 9.19. The highest BCUT2D eigenvalue weighted by atomic mass is 35.5. The van der Waals surface area contributed by atoms with E-state index >= 15 is 0 Å². The van der Waals surface area contributed by atoms with Crippen LogP contribution in [-0.2, 0) is 0 Å². The Morgan fingerprint density at radius 2 is 2.32 bits per heavy atom. The van der Waals surface area contributed by atoms with E-state index in [4.69, 9.17) is 23.8 Å². The van der Waals surface area contributed by atoms with Gasteiger partial charge in [-0.1, -0.05) is 17.7 Å². The molecule has 0 fully saturated rings. The molecule has 19 heavy (non-hydrogen) atoms. The number of benzene rings is 1. The summed E-state index contributed by atoms with van der Waals surface area (Å²) in [5.41, 5.74) is 0.271. The lowest BCUT2D eigenvalue weighted by molar-refractivity contribution is -0.384. The van der Waals surface area contributed by atoms with E-state index in [0.29, 0.717) is 9.52 Å². The van der Waals surface area contributed by atoms with Gasteiger partial charge in [0.2, 0.25) is 5.88 Å². The van der Waals surface area contributed by atoms with Crippen molar-refractivity contribution in [3.05, 3.63) is 48.2 Å². The number of aromatic nitrogens is 1. The molecule has 1 aromatic carbocycles. The van der Waals surface area contributed by atoms with E-state index in [9.17, 15) is 15.2 Å². The van der Waals surface area contributed by atoms with Crippen molar-refractivity contribution in [1.82, 2.24) is 4.68 Å². The molecule has 0 saturated heterocycles. The molecule has 0 aliphatic heterocycles. The Hall–Kier alpha value is -1.77. The van der Waals surface area contributed by atoms with Crippen LogP contribution in [0.4, 0.5) is 5.69 Å². The first-order valence-electron chi connectivity index (χ1n) is 4.87. The SMILES string of the molecule is O=[N+]([O-])c1cc(C=Nn2c(O)csc2=S)ccc1Cl. The second-order valence-corrected chi connectivity index (χ2v) is 5.29. The van der Waals surface area contributed by atoms with Crippen molar-refractivity contribution in [2.24, 2.45) is 5.10 Å². The number of hydrogen-bond acceptors (Lipinski definition) is 6. The fourth-order valence-electron chi connectivity index (χ4n) is 1.28. The highest BCUT2D eigenvalue weighted by Crippen LogP contribution is 2.24. The monoisotopic (exact) mass is 315 g/mol. The van der Waals surface area contributed by atoms with Crippen LogP contribution in [0.15, 0.2) is 28.7 Å². The van der Waals surface area contributed by atoms with Crippen molar-refractivity contribution < 1.29 is 10.0 Å². The minimum absolute atomic E-state index is 0.0529. The van der Waals surface area contributed by atoms with Gasteiger partial charge in [-0.3, -0.25) is 10.1 Å². The zero-order valence-corrected chi connectivity index (χ0v) is 11.6. The van der Waals surface area contributed by atoms with Crippen molar-refractivity contribution in [3.63, 3.8) is 0 Å². The smallest absolute Gasteiger partial charge is 0.288 e. The number of nitro benzene ring substituents is 1. The number of aromatic hydroxyl groups is 1. The molecule has 0 aliphatic carbocycles. The Bertz CT molecular complexity index is 723. The molecule has 0 aliphatic rings. The maximum absolute atomic E-state index is 10.7. The van der Waals surface area contributed by atoms with Gasteiger partial charge in [-0.2, -0.15) is 9.78 Å². The first-order chi connectivity index (χ1) is 8.99. The maximum atomic E-state index is 10.7. The molecule has 1 N–H and O–H groups in total.